The fourth-order valence-electron chi connectivity index (χ4n) is 6.61. The molecule has 2 unspecified atom stereocenters. The van der Waals surface area contributed by atoms with Gasteiger partial charge in [-0.05, 0) is 74.2 Å². The number of carbonyl (C=O) groups is 3. The average Bonchev–Trinajstić information content (AvgIpc) is 3.38. The van der Waals surface area contributed by atoms with Crippen LogP contribution in [0.1, 0.15) is 91.4 Å². The van der Waals surface area contributed by atoms with Gasteiger partial charge in [-0.25, -0.2) is 9.59 Å². The minimum Gasteiger partial charge on any atom is -0.480 e. The quantitative estimate of drug-likeness (QED) is 0.300. The number of nitrogens with one attached hydrogen (secondary N) is 3. The summed E-state index contributed by atoms with van der Waals surface area (Å²) >= 11 is 0. The fourth-order valence-corrected chi connectivity index (χ4v) is 6.61. The van der Waals surface area contributed by atoms with Gasteiger partial charge in [-0.3, -0.25) is 4.79 Å². The Bertz CT molecular complexity index is 721. The van der Waals surface area contributed by atoms with Crippen molar-refractivity contribution in [1.82, 2.24) is 16.0 Å². The van der Waals surface area contributed by atoms with Crippen molar-refractivity contribution in [3.8, 4) is 0 Å². The van der Waals surface area contributed by atoms with Gasteiger partial charge in [0.25, 0.3) is 0 Å². The van der Waals surface area contributed by atoms with Gasteiger partial charge >= 0.3 is 12.0 Å². The van der Waals surface area contributed by atoms with Crippen LogP contribution in [0.4, 0.5) is 4.79 Å². The standard InChI is InChI=1S/C25H44N4O4/c1-24(2)17-11-12-25(24,3)20(15-17)29-21(30)19(14-16-8-4-5-9-16)28-23(33)27-18(22(31)32)10-6-7-13-26/h16-20H,4-15,26H2,1-3H3,(H,29,30)(H,31,32)(H2,27,28,33)/t17-,18?,19?,20+,25+/m1/s1. The lowest BCUT2D eigenvalue weighted by molar-refractivity contribution is -0.139. The number of fused-ring (bicyclic) bond motifs is 2. The van der Waals surface area contributed by atoms with E-state index >= 15 is 0 Å². The monoisotopic (exact) mass is 464 g/mol. The van der Waals surface area contributed by atoms with Crippen molar-refractivity contribution in [2.24, 2.45) is 28.4 Å². The molecule has 3 aliphatic rings. The van der Waals surface area contributed by atoms with Gasteiger partial charge in [0.15, 0.2) is 0 Å². The summed E-state index contributed by atoms with van der Waals surface area (Å²) in [5, 5.41) is 18.1. The van der Waals surface area contributed by atoms with E-state index in [2.05, 4.69) is 36.7 Å². The molecule has 8 nitrogen and oxygen atoms in total. The van der Waals surface area contributed by atoms with Crippen LogP contribution >= 0.6 is 0 Å². The number of carbonyl (C=O) groups excluding carboxylic acids is 2. The Labute approximate surface area is 198 Å². The number of rotatable bonds is 11. The van der Waals surface area contributed by atoms with Crippen LogP contribution in [0.15, 0.2) is 0 Å². The molecule has 0 spiro atoms. The molecule has 3 saturated carbocycles. The van der Waals surface area contributed by atoms with Crippen molar-refractivity contribution in [3.05, 3.63) is 0 Å². The van der Waals surface area contributed by atoms with E-state index in [9.17, 15) is 19.5 Å². The van der Waals surface area contributed by atoms with Gasteiger partial charge in [-0.2, -0.15) is 0 Å². The molecule has 0 saturated heterocycles. The molecule has 3 rings (SSSR count). The number of nitrogens with two attached hydrogens (primary N) is 1. The molecule has 5 atom stereocenters. The third kappa shape index (κ3) is 5.64. The summed E-state index contributed by atoms with van der Waals surface area (Å²) in [6.07, 6.45) is 10.0. The SMILES string of the molecule is CC1(C)[C@@H]2CC[C@@]1(C)[C@@H](NC(=O)C(CC1CCCC1)NC(=O)NC(CCCCN)C(=O)O)C2. The average molecular weight is 465 g/mol. The van der Waals surface area contributed by atoms with Crippen LogP contribution in [0.25, 0.3) is 0 Å². The van der Waals surface area contributed by atoms with E-state index in [0.717, 1.165) is 38.5 Å². The number of unbranched alkanes of at least 4 members (excludes halogenated alkanes) is 1. The van der Waals surface area contributed by atoms with Crippen LogP contribution in [0.2, 0.25) is 0 Å². The predicted octanol–water partition coefficient (Wildman–Crippen LogP) is 3.15. The Morgan fingerprint density at radius 3 is 2.24 bits per heavy atom. The first-order valence-electron chi connectivity index (χ1n) is 12.9. The minimum absolute atomic E-state index is 0.0604. The molecule has 0 aromatic rings. The summed E-state index contributed by atoms with van der Waals surface area (Å²) in [6, 6.07) is -2.13. The topological polar surface area (TPSA) is 134 Å². The largest absolute Gasteiger partial charge is 0.480 e. The van der Waals surface area contributed by atoms with Crippen molar-refractivity contribution in [1.29, 1.82) is 0 Å². The van der Waals surface area contributed by atoms with E-state index in [0.29, 0.717) is 44.1 Å². The minimum atomic E-state index is -1.07. The van der Waals surface area contributed by atoms with Crippen molar-refractivity contribution >= 4 is 17.9 Å². The highest BCUT2D eigenvalue weighted by Crippen LogP contribution is 2.65. The van der Waals surface area contributed by atoms with E-state index < -0.39 is 24.1 Å². The molecule has 3 amide bonds. The van der Waals surface area contributed by atoms with E-state index in [-0.39, 0.29) is 22.8 Å². The number of carboxylic acid groups (broad SMARTS) is 1. The van der Waals surface area contributed by atoms with Crippen LogP contribution in [-0.4, -0.2) is 47.7 Å². The van der Waals surface area contributed by atoms with Crippen LogP contribution in [-0.2, 0) is 9.59 Å². The summed E-state index contributed by atoms with van der Waals surface area (Å²) in [5.74, 6) is -0.187. The number of aliphatic carboxylic acids is 1. The van der Waals surface area contributed by atoms with Crippen molar-refractivity contribution in [3.63, 3.8) is 0 Å². The molecule has 6 N–H and O–H groups in total. The van der Waals surface area contributed by atoms with Crippen molar-refractivity contribution in [2.75, 3.05) is 6.54 Å². The zero-order valence-electron chi connectivity index (χ0n) is 20.6. The second-order valence-electron chi connectivity index (χ2n) is 11.4. The summed E-state index contributed by atoms with van der Waals surface area (Å²) < 4.78 is 0. The molecule has 2 bridgehead atoms. The third-order valence-corrected chi connectivity index (χ3v) is 9.33. The van der Waals surface area contributed by atoms with Crippen molar-refractivity contribution in [2.45, 2.75) is 110 Å². The molecule has 33 heavy (non-hydrogen) atoms. The smallest absolute Gasteiger partial charge is 0.326 e. The lowest BCUT2D eigenvalue weighted by atomic mass is 9.69. The first kappa shape index (κ1) is 25.8. The third-order valence-electron chi connectivity index (χ3n) is 9.33. The normalized spacial score (nSPS) is 30.1. The summed E-state index contributed by atoms with van der Waals surface area (Å²) in [7, 11) is 0. The zero-order chi connectivity index (χ0) is 24.2. The van der Waals surface area contributed by atoms with Gasteiger partial charge in [-0.15, -0.1) is 0 Å². The Morgan fingerprint density at radius 2 is 1.70 bits per heavy atom. The molecule has 0 aliphatic heterocycles. The number of carboxylic acids is 1. The first-order chi connectivity index (χ1) is 15.6. The highest BCUT2D eigenvalue weighted by Gasteiger charge is 2.61. The molecule has 0 aromatic carbocycles. The van der Waals surface area contributed by atoms with E-state index in [1.165, 1.54) is 6.42 Å². The molecular formula is C25H44N4O4. The molecule has 0 radical (unpaired) electrons. The summed E-state index contributed by atoms with van der Waals surface area (Å²) in [6.45, 7) is 7.40. The maximum atomic E-state index is 13.4. The van der Waals surface area contributed by atoms with Gasteiger partial charge < -0.3 is 26.8 Å². The maximum Gasteiger partial charge on any atom is 0.326 e. The molecule has 0 aromatic heterocycles. The highest BCUT2D eigenvalue weighted by molar-refractivity contribution is 5.89. The number of amides is 3. The van der Waals surface area contributed by atoms with Gasteiger partial charge in [0.05, 0.1) is 0 Å². The summed E-state index contributed by atoms with van der Waals surface area (Å²) in [4.78, 5) is 37.7. The molecular weight excluding hydrogens is 420 g/mol. The van der Waals surface area contributed by atoms with Crippen LogP contribution in [0.5, 0.6) is 0 Å². The highest BCUT2D eigenvalue weighted by atomic mass is 16.4. The predicted molar refractivity (Wildman–Crippen MR) is 128 cm³/mol. The van der Waals surface area contributed by atoms with Crippen LogP contribution < -0.4 is 21.7 Å². The van der Waals surface area contributed by atoms with E-state index in [1.807, 2.05) is 0 Å². The molecule has 188 valence electrons. The fraction of sp³-hybridized carbons (Fsp3) is 0.880. The molecule has 0 heterocycles. The number of hydrogen-bond acceptors (Lipinski definition) is 4. The van der Waals surface area contributed by atoms with Gasteiger partial charge in [0.2, 0.25) is 5.91 Å². The first-order valence-corrected chi connectivity index (χ1v) is 12.9. The van der Waals surface area contributed by atoms with E-state index in [1.54, 1.807) is 0 Å². The molecule has 3 aliphatic carbocycles. The molecule has 3 fully saturated rings. The lowest BCUT2D eigenvalue weighted by Gasteiger charge is -2.40. The Hall–Kier alpha value is -1.83. The van der Waals surface area contributed by atoms with Gasteiger partial charge in [-0.1, -0.05) is 46.5 Å². The number of urea groups is 1. The number of hydrogen-bond donors (Lipinski definition) is 5. The van der Waals surface area contributed by atoms with Crippen molar-refractivity contribution < 1.29 is 19.5 Å². The van der Waals surface area contributed by atoms with E-state index in [4.69, 9.17) is 5.73 Å². The summed E-state index contributed by atoms with van der Waals surface area (Å²) in [5.41, 5.74) is 5.74. The lowest BCUT2D eigenvalue weighted by Crippen LogP contribution is -2.56. The molecule has 8 heteroatoms. The second-order valence-corrected chi connectivity index (χ2v) is 11.4. The zero-order valence-corrected chi connectivity index (χ0v) is 20.6. The van der Waals surface area contributed by atoms with Crippen LogP contribution in [0.3, 0.4) is 0 Å². The van der Waals surface area contributed by atoms with Gasteiger partial charge in [0, 0.05) is 6.04 Å². The second kappa shape index (κ2) is 10.6. The Balaban J connectivity index is 1.63. The van der Waals surface area contributed by atoms with Gasteiger partial charge in [0.1, 0.15) is 12.1 Å². The maximum absolute atomic E-state index is 13.4. The Morgan fingerprint density at radius 1 is 1.03 bits per heavy atom. The van der Waals surface area contributed by atoms with Crippen LogP contribution in [0, 0.1) is 22.7 Å². The Kier molecular flexibility index (Phi) is 8.30.